The van der Waals surface area contributed by atoms with Crippen molar-refractivity contribution in [3.63, 3.8) is 0 Å². The van der Waals surface area contributed by atoms with E-state index in [0.717, 1.165) is 6.42 Å². The predicted molar refractivity (Wildman–Crippen MR) is 53.9 cm³/mol. The maximum absolute atomic E-state index is 11.8. The first-order chi connectivity index (χ1) is 7.37. The van der Waals surface area contributed by atoms with Crippen LogP contribution < -0.4 is 10.6 Å². The number of hydrogen-bond donors (Lipinski definition) is 2. The van der Waals surface area contributed by atoms with Crippen molar-refractivity contribution >= 4 is 5.91 Å². The predicted octanol–water partition coefficient (Wildman–Crippen LogP) is 1.44. The summed E-state index contributed by atoms with van der Waals surface area (Å²) in [6.07, 6.45) is -0.940. The van der Waals surface area contributed by atoms with Crippen LogP contribution in [0, 0.1) is 5.92 Å². The summed E-state index contributed by atoms with van der Waals surface area (Å²) < 4.78 is 35.3. The van der Waals surface area contributed by atoms with Crippen LogP contribution in [0.3, 0.4) is 0 Å². The van der Waals surface area contributed by atoms with Gasteiger partial charge in [0.05, 0.1) is 13.1 Å². The molecule has 1 amide bonds. The average Bonchev–Trinajstić information content (AvgIpc) is 2.84. The van der Waals surface area contributed by atoms with E-state index in [-0.39, 0.29) is 18.5 Å². The molecule has 0 saturated heterocycles. The van der Waals surface area contributed by atoms with Gasteiger partial charge in [-0.25, -0.2) is 0 Å². The van der Waals surface area contributed by atoms with E-state index in [2.05, 4.69) is 10.6 Å². The lowest BCUT2D eigenvalue weighted by Crippen LogP contribution is -2.41. The molecule has 0 heterocycles. The lowest BCUT2D eigenvalue weighted by molar-refractivity contribution is -0.128. The summed E-state index contributed by atoms with van der Waals surface area (Å²) in [5.41, 5.74) is 0. The zero-order valence-electron chi connectivity index (χ0n) is 9.23. The van der Waals surface area contributed by atoms with E-state index in [1.54, 1.807) is 0 Å². The normalized spacial score (nSPS) is 18.2. The Labute approximate surface area is 92.8 Å². The molecule has 0 aromatic heterocycles. The summed E-state index contributed by atoms with van der Waals surface area (Å²) in [6.45, 7) is 0.464. The van der Waals surface area contributed by atoms with Crippen molar-refractivity contribution in [1.29, 1.82) is 0 Å². The van der Waals surface area contributed by atoms with Gasteiger partial charge in [0.1, 0.15) is 0 Å². The Kier molecular flexibility index (Phi) is 4.58. The lowest BCUT2D eigenvalue weighted by atomic mass is 10.1. The van der Waals surface area contributed by atoms with E-state index in [4.69, 9.17) is 0 Å². The van der Waals surface area contributed by atoms with Gasteiger partial charge in [0.15, 0.2) is 0 Å². The van der Waals surface area contributed by atoms with Crippen LogP contribution in [0.5, 0.6) is 0 Å². The third-order valence-corrected chi connectivity index (χ3v) is 2.40. The second-order valence-electron chi connectivity index (χ2n) is 4.37. The third kappa shape index (κ3) is 6.66. The quantitative estimate of drug-likeness (QED) is 0.735. The maximum atomic E-state index is 11.8. The van der Waals surface area contributed by atoms with Gasteiger partial charge in [-0.05, 0) is 19.3 Å². The standard InChI is InChI=1S/C10H17F3N2O/c1-7(4-8-2-3-8)15-9(16)5-14-6-10(11,12)13/h7-8,14H,2-6H2,1H3,(H,15,16). The Balaban J connectivity index is 2.05. The number of rotatable bonds is 6. The van der Waals surface area contributed by atoms with E-state index < -0.39 is 12.7 Å². The van der Waals surface area contributed by atoms with Crippen molar-refractivity contribution in [2.24, 2.45) is 5.92 Å². The molecule has 1 aliphatic rings. The molecule has 2 N–H and O–H groups in total. The first-order valence-electron chi connectivity index (χ1n) is 5.43. The highest BCUT2D eigenvalue weighted by Crippen LogP contribution is 2.33. The van der Waals surface area contributed by atoms with Crippen LogP contribution in [-0.4, -0.2) is 31.2 Å². The minimum Gasteiger partial charge on any atom is -0.353 e. The Morgan fingerprint density at radius 1 is 1.44 bits per heavy atom. The smallest absolute Gasteiger partial charge is 0.353 e. The molecule has 0 aromatic carbocycles. The Bertz CT molecular complexity index is 239. The molecule has 0 radical (unpaired) electrons. The average molecular weight is 238 g/mol. The van der Waals surface area contributed by atoms with Gasteiger partial charge in [-0.2, -0.15) is 13.2 Å². The van der Waals surface area contributed by atoms with Crippen LogP contribution >= 0.6 is 0 Å². The van der Waals surface area contributed by atoms with Crippen LogP contribution in [0.2, 0.25) is 0 Å². The van der Waals surface area contributed by atoms with Crippen molar-refractivity contribution < 1.29 is 18.0 Å². The highest BCUT2D eigenvalue weighted by molar-refractivity contribution is 5.78. The van der Waals surface area contributed by atoms with Crippen molar-refractivity contribution in [2.75, 3.05) is 13.1 Å². The van der Waals surface area contributed by atoms with E-state index in [1.165, 1.54) is 12.8 Å². The summed E-state index contributed by atoms with van der Waals surface area (Å²) in [4.78, 5) is 11.2. The largest absolute Gasteiger partial charge is 0.401 e. The van der Waals surface area contributed by atoms with Gasteiger partial charge < -0.3 is 10.6 Å². The zero-order chi connectivity index (χ0) is 12.2. The SMILES string of the molecule is CC(CC1CC1)NC(=O)CNCC(F)(F)F. The molecule has 0 aliphatic heterocycles. The fraction of sp³-hybridized carbons (Fsp3) is 0.900. The first kappa shape index (κ1) is 13.3. The third-order valence-electron chi connectivity index (χ3n) is 2.40. The number of carbonyl (C=O) groups is 1. The summed E-state index contributed by atoms with van der Waals surface area (Å²) in [5, 5.41) is 4.73. The van der Waals surface area contributed by atoms with Gasteiger partial charge in [-0.15, -0.1) is 0 Å². The first-order valence-corrected chi connectivity index (χ1v) is 5.43. The van der Waals surface area contributed by atoms with E-state index >= 15 is 0 Å². The van der Waals surface area contributed by atoms with Crippen molar-refractivity contribution in [3.05, 3.63) is 0 Å². The molecule has 1 saturated carbocycles. The van der Waals surface area contributed by atoms with Gasteiger partial charge in [-0.1, -0.05) is 12.8 Å². The molecule has 0 aromatic rings. The Morgan fingerprint density at radius 2 is 2.06 bits per heavy atom. The summed E-state index contributed by atoms with van der Waals surface area (Å²) >= 11 is 0. The molecular formula is C10H17F3N2O. The summed E-state index contributed by atoms with van der Waals surface area (Å²) in [5.74, 6) is 0.316. The van der Waals surface area contributed by atoms with Crippen molar-refractivity contribution in [1.82, 2.24) is 10.6 Å². The van der Waals surface area contributed by atoms with E-state index in [1.807, 2.05) is 6.92 Å². The van der Waals surface area contributed by atoms with Crippen LogP contribution in [0.15, 0.2) is 0 Å². The lowest BCUT2D eigenvalue weighted by Gasteiger charge is -2.14. The highest BCUT2D eigenvalue weighted by atomic mass is 19.4. The number of carbonyl (C=O) groups excluding carboxylic acids is 1. The molecule has 16 heavy (non-hydrogen) atoms. The van der Waals surface area contributed by atoms with Gasteiger partial charge in [0, 0.05) is 6.04 Å². The van der Waals surface area contributed by atoms with Gasteiger partial charge >= 0.3 is 6.18 Å². The molecule has 1 rings (SSSR count). The second kappa shape index (κ2) is 5.52. The highest BCUT2D eigenvalue weighted by Gasteiger charge is 2.27. The molecule has 0 spiro atoms. The molecule has 0 bridgehead atoms. The van der Waals surface area contributed by atoms with Crippen LogP contribution in [-0.2, 0) is 4.79 Å². The number of hydrogen-bond acceptors (Lipinski definition) is 2. The van der Waals surface area contributed by atoms with Gasteiger partial charge in [0.2, 0.25) is 5.91 Å². The Hall–Kier alpha value is -0.780. The van der Waals surface area contributed by atoms with Crippen LogP contribution in [0.25, 0.3) is 0 Å². The minimum atomic E-state index is -4.26. The van der Waals surface area contributed by atoms with Crippen LogP contribution in [0.4, 0.5) is 13.2 Å². The number of alkyl halides is 3. The number of amides is 1. The molecule has 3 nitrogen and oxygen atoms in total. The van der Waals surface area contributed by atoms with Gasteiger partial charge in [0.25, 0.3) is 0 Å². The molecule has 1 atom stereocenters. The topological polar surface area (TPSA) is 41.1 Å². The fourth-order valence-corrected chi connectivity index (χ4v) is 1.56. The fourth-order valence-electron chi connectivity index (χ4n) is 1.56. The van der Waals surface area contributed by atoms with E-state index in [9.17, 15) is 18.0 Å². The van der Waals surface area contributed by atoms with Crippen molar-refractivity contribution in [2.45, 2.75) is 38.4 Å². The minimum absolute atomic E-state index is 0.0488. The molecule has 1 fully saturated rings. The Morgan fingerprint density at radius 3 is 2.56 bits per heavy atom. The molecule has 1 aliphatic carbocycles. The number of halogens is 3. The summed E-state index contributed by atoms with van der Waals surface area (Å²) in [6, 6.07) is 0.0488. The molecule has 6 heteroatoms. The maximum Gasteiger partial charge on any atom is 0.401 e. The molecule has 1 unspecified atom stereocenters. The van der Waals surface area contributed by atoms with Crippen molar-refractivity contribution in [3.8, 4) is 0 Å². The monoisotopic (exact) mass is 238 g/mol. The van der Waals surface area contributed by atoms with Gasteiger partial charge in [-0.3, -0.25) is 4.79 Å². The number of nitrogens with one attached hydrogen (secondary N) is 2. The summed E-state index contributed by atoms with van der Waals surface area (Å²) in [7, 11) is 0. The molecular weight excluding hydrogens is 221 g/mol. The second-order valence-corrected chi connectivity index (χ2v) is 4.37. The zero-order valence-corrected chi connectivity index (χ0v) is 9.23. The molecule has 94 valence electrons. The van der Waals surface area contributed by atoms with Crippen LogP contribution in [0.1, 0.15) is 26.2 Å². The van der Waals surface area contributed by atoms with E-state index in [0.29, 0.717) is 5.92 Å².